The zero-order chi connectivity index (χ0) is 15.7. The summed E-state index contributed by atoms with van der Waals surface area (Å²) in [7, 11) is 0. The summed E-state index contributed by atoms with van der Waals surface area (Å²) in [6.07, 6.45) is 5.12. The van der Waals surface area contributed by atoms with E-state index in [2.05, 4.69) is 20.5 Å². The lowest BCUT2D eigenvalue weighted by Crippen LogP contribution is -2.41. The van der Waals surface area contributed by atoms with E-state index in [1.165, 1.54) is 12.1 Å². The van der Waals surface area contributed by atoms with E-state index >= 15 is 0 Å². The van der Waals surface area contributed by atoms with Crippen LogP contribution in [0.2, 0.25) is 0 Å². The number of benzene rings is 1. The lowest BCUT2D eigenvalue weighted by molar-refractivity contribution is 0.0330. The van der Waals surface area contributed by atoms with Crippen molar-refractivity contribution in [3.63, 3.8) is 0 Å². The number of hydrogen-bond donors (Lipinski definition) is 1. The van der Waals surface area contributed by atoms with E-state index in [-0.39, 0.29) is 11.4 Å². The van der Waals surface area contributed by atoms with E-state index in [4.69, 9.17) is 4.74 Å². The van der Waals surface area contributed by atoms with Crippen molar-refractivity contribution in [2.45, 2.75) is 18.4 Å². The van der Waals surface area contributed by atoms with Crippen molar-refractivity contribution in [3.8, 4) is 11.4 Å². The first-order valence-electron chi connectivity index (χ1n) is 7.54. The summed E-state index contributed by atoms with van der Waals surface area (Å²) in [6, 6.07) is 8.46. The van der Waals surface area contributed by atoms with Gasteiger partial charge < -0.3 is 4.74 Å². The van der Waals surface area contributed by atoms with Gasteiger partial charge in [-0.25, -0.2) is 9.07 Å². The molecule has 1 aliphatic heterocycles. The molecule has 4 rings (SSSR count). The molecule has 3 heterocycles. The molecule has 0 bridgehead atoms. The van der Waals surface area contributed by atoms with E-state index in [1.807, 2.05) is 29.1 Å². The number of hydrogen-bond acceptors (Lipinski definition) is 4. The molecule has 0 amide bonds. The molecule has 1 aromatic carbocycles. The van der Waals surface area contributed by atoms with E-state index in [0.717, 1.165) is 29.8 Å². The largest absolute Gasteiger partial charge is 0.381 e. The minimum Gasteiger partial charge on any atom is -0.381 e. The van der Waals surface area contributed by atoms with Gasteiger partial charge in [0.15, 0.2) is 0 Å². The number of aromatic nitrogens is 5. The second-order valence-corrected chi connectivity index (χ2v) is 5.67. The topological polar surface area (TPSA) is 68.6 Å². The number of H-pyrrole nitrogens is 1. The van der Waals surface area contributed by atoms with Gasteiger partial charge in [-0.1, -0.05) is 17.3 Å². The summed E-state index contributed by atoms with van der Waals surface area (Å²) in [4.78, 5) is 0. The average Bonchev–Trinajstić information content (AvgIpc) is 3.28. The maximum absolute atomic E-state index is 13.3. The zero-order valence-corrected chi connectivity index (χ0v) is 12.4. The van der Waals surface area contributed by atoms with Crippen molar-refractivity contribution in [1.29, 1.82) is 0 Å². The summed E-state index contributed by atoms with van der Waals surface area (Å²) in [5.41, 5.74) is 2.20. The predicted molar refractivity (Wildman–Crippen MR) is 81.1 cm³/mol. The van der Waals surface area contributed by atoms with Gasteiger partial charge in [0.25, 0.3) is 0 Å². The molecule has 1 saturated heterocycles. The quantitative estimate of drug-likeness (QED) is 0.806. The average molecular weight is 313 g/mol. The second-order valence-electron chi connectivity index (χ2n) is 5.67. The first-order valence-corrected chi connectivity index (χ1v) is 7.54. The van der Waals surface area contributed by atoms with Crippen molar-refractivity contribution in [1.82, 2.24) is 25.2 Å². The molecular weight excluding hydrogens is 297 g/mol. The van der Waals surface area contributed by atoms with Crippen LogP contribution >= 0.6 is 0 Å². The van der Waals surface area contributed by atoms with Crippen LogP contribution in [0.4, 0.5) is 4.39 Å². The number of ether oxygens (including phenoxy) is 1. The summed E-state index contributed by atoms with van der Waals surface area (Å²) in [5, 5.41) is 15.4. The monoisotopic (exact) mass is 313 g/mol. The first kappa shape index (κ1) is 14.1. The number of halogens is 1. The fourth-order valence-electron chi connectivity index (χ4n) is 3.11. The predicted octanol–water partition coefficient (Wildman–Crippen LogP) is 2.36. The standard InChI is InChI=1S/C16H16FN5O/c17-13-3-1-12(2-4-13)16(6-9-23-10-7-16)22-11-15(20-21-22)14-5-8-18-19-14/h1-5,8,11H,6-7,9-10H2,(H,18,19). The molecule has 118 valence electrons. The van der Waals surface area contributed by atoms with Gasteiger partial charge in [-0.2, -0.15) is 5.10 Å². The maximum Gasteiger partial charge on any atom is 0.130 e. The SMILES string of the molecule is Fc1ccc(C2(n3cc(-c4ccn[nH]4)nn3)CCOCC2)cc1. The van der Waals surface area contributed by atoms with Gasteiger partial charge in [0.1, 0.15) is 11.5 Å². The number of aromatic amines is 1. The summed E-state index contributed by atoms with van der Waals surface area (Å²) >= 11 is 0. The van der Waals surface area contributed by atoms with E-state index < -0.39 is 0 Å². The van der Waals surface area contributed by atoms with Crippen LogP contribution in [0.5, 0.6) is 0 Å². The normalized spacial score (nSPS) is 17.3. The molecule has 0 radical (unpaired) electrons. The van der Waals surface area contributed by atoms with Crippen molar-refractivity contribution < 1.29 is 9.13 Å². The third-order valence-electron chi connectivity index (χ3n) is 4.41. The van der Waals surface area contributed by atoms with Crippen LogP contribution in [-0.2, 0) is 10.3 Å². The lowest BCUT2D eigenvalue weighted by Gasteiger charge is -2.37. The second kappa shape index (κ2) is 5.58. The Morgan fingerprint density at radius 1 is 1.13 bits per heavy atom. The van der Waals surface area contributed by atoms with Crippen molar-refractivity contribution >= 4 is 0 Å². The van der Waals surface area contributed by atoms with Crippen LogP contribution in [0.1, 0.15) is 18.4 Å². The highest BCUT2D eigenvalue weighted by Gasteiger charge is 2.37. The number of rotatable bonds is 3. The number of nitrogens with one attached hydrogen (secondary N) is 1. The van der Waals surface area contributed by atoms with E-state index in [0.29, 0.717) is 13.2 Å². The van der Waals surface area contributed by atoms with Gasteiger partial charge in [-0.15, -0.1) is 5.10 Å². The molecule has 1 fully saturated rings. The third-order valence-corrected chi connectivity index (χ3v) is 4.41. The van der Waals surface area contributed by atoms with Gasteiger partial charge in [-0.05, 0) is 23.8 Å². The summed E-state index contributed by atoms with van der Waals surface area (Å²) in [5.74, 6) is -0.243. The summed E-state index contributed by atoms with van der Waals surface area (Å²) in [6.45, 7) is 1.27. The Balaban J connectivity index is 1.78. The smallest absolute Gasteiger partial charge is 0.130 e. The Morgan fingerprint density at radius 3 is 2.61 bits per heavy atom. The van der Waals surface area contributed by atoms with Crippen LogP contribution in [0.25, 0.3) is 11.4 Å². The Morgan fingerprint density at radius 2 is 1.91 bits per heavy atom. The molecule has 3 aromatic rings. The van der Waals surface area contributed by atoms with Crippen LogP contribution in [0, 0.1) is 5.82 Å². The van der Waals surface area contributed by atoms with E-state index in [1.54, 1.807) is 6.20 Å². The Bertz CT molecular complexity index is 775. The van der Waals surface area contributed by atoms with Crippen LogP contribution in [0.15, 0.2) is 42.7 Å². The van der Waals surface area contributed by atoms with Crippen LogP contribution < -0.4 is 0 Å². The van der Waals surface area contributed by atoms with Crippen LogP contribution in [-0.4, -0.2) is 38.4 Å². The molecule has 6 nitrogen and oxygen atoms in total. The molecule has 0 saturated carbocycles. The Hall–Kier alpha value is -2.54. The van der Waals surface area contributed by atoms with Gasteiger partial charge >= 0.3 is 0 Å². The molecular formula is C16H16FN5O. The first-order chi connectivity index (χ1) is 11.3. The highest BCUT2D eigenvalue weighted by Crippen LogP contribution is 2.36. The van der Waals surface area contributed by atoms with Gasteiger partial charge in [-0.3, -0.25) is 5.10 Å². The minimum atomic E-state index is -0.364. The van der Waals surface area contributed by atoms with Gasteiger partial charge in [0, 0.05) is 32.3 Å². The Kier molecular flexibility index (Phi) is 3.42. The molecule has 23 heavy (non-hydrogen) atoms. The number of nitrogens with zero attached hydrogens (tertiary/aromatic N) is 4. The van der Waals surface area contributed by atoms with Gasteiger partial charge in [0.2, 0.25) is 0 Å². The zero-order valence-electron chi connectivity index (χ0n) is 12.4. The van der Waals surface area contributed by atoms with Crippen molar-refractivity contribution in [2.75, 3.05) is 13.2 Å². The van der Waals surface area contributed by atoms with E-state index in [9.17, 15) is 4.39 Å². The maximum atomic E-state index is 13.3. The minimum absolute atomic E-state index is 0.243. The van der Waals surface area contributed by atoms with Gasteiger partial charge in [0.05, 0.1) is 17.4 Å². The molecule has 1 N–H and O–H groups in total. The molecule has 2 aromatic heterocycles. The summed E-state index contributed by atoms with van der Waals surface area (Å²) < 4.78 is 20.7. The fourth-order valence-corrected chi connectivity index (χ4v) is 3.11. The highest BCUT2D eigenvalue weighted by atomic mass is 19.1. The molecule has 0 aliphatic carbocycles. The van der Waals surface area contributed by atoms with Crippen molar-refractivity contribution in [3.05, 3.63) is 54.1 Å². The van der Waals surface area contributed by atoms with Crippen molar-refractivity contribution in [2.24, 2.45) is 0 Å². The lowest BCUT2D eigenvalue weighted by atomic mass is 9.83. The molecule has 0 atom stereocenters. The molecule has 1 aliphatic rings. The fraction of sp³-hybridized carbons (Fsp3) is 0.312. The Labute approximate surface area is 132 Å². The molecule has 0 spiro atoms. The molecule has 0 unspecified atom stereocenters. The molecule has 7 heteroatoms. The third kappa shape index (κ3) is 2.43. The highest BCUT2D eigenvalue weighted by molar-refractivity contribution is 5.51. The van der Waals surface area contributed by atoms with Crippen LogP contribution in [0.3, 0.4) is 0 Å².